The lowest BCUT2D eigenvalue weighted by molar-refractivity contribution is -0.141. The van der Waals surface area contributed by atoms with Gasteiger partial charge in [-0.25, -0.2) is 4.98 Å². The number of anilines is 1. The summed E-state index contributed by atoms with van der Waals surface area (Å²) < 4.78 is 37.9. The molecule has 5 nitrogen and oxygen atoms in total. The molecule has 0 aromatic carbocycles. The topological polar surface area (TPSA) is 39.7 Å². The van der Waals surface area contributed by atoms with Gasteiger partial charge < -0.3 is 9.80 Å². The van der Waals surface area contributed by atoms with E-state index in [0.717, 1.165) is 44.6 Å². The first kappa shape index (κ1) is 18.5. The molecule has 0 unspecified atom stereocenters. The van der Waals surface area contributed by atoms with Gasteiger partial charge in [-0.05, 0) is 37.3 Å². The van der Waals surface area contributed by atoms with E-state index in [2.05, 4.69) is 9.88 Å². The van der Waals surface area contributed by atoms with Gasteiger partial charge in [-0.1, -0.05) is 0 Å². The highest BCUT2D eigenvalue weighted by Crippen LogP contribution is 2.31. The standard InChI is InChI=1S/C19H25F3N4O/c20-19(21,22)17-4-3-16(11-23-17)26-6-5-15(13-26)18(27)25-9-7-24(8-10-25)12-14-1-2-14/h3-4,11,14-15H,1-2,5-10,12-13H2/t15-/m0/s1. The minimum Gasteiger partial charge on any atom is -0.369 e. The highest BCUT2D eigenvalue weighted by atomic mass is 19.4. The van der Waals surface area contributed by atoms with E-state index in [4.69, 9.17) is 0 Å². The third kappa shape index (κ3) is 4.36. The summed E-state index contributed by atoms with van der Waals surface area (Å²) in [5.41, 5.74) is -0.241. The van der Waals surface area contributed by atoms with Gasteiger partial charge in [0.25, 0.3) is 0 Å². The number of alkyl halides is 3. The van der Waals surface area contributed by atoms with Crippen LogP contribution in [0.3, 0.4) is 0 Å². The predicted molar refractivity (Wildman–Crippen MR) is 95.3 cm³/mol. The first-order valence-electron chi connectivity index (χ1n) is 9.69. The Balaban J connectivity index is 1.29. The molecule has 3 fully saturated rings. The van der Waals surface area contributed by atoms with Crippen molar-refractivity contribution in [2.75, 3.05) is 50.7 Å². The van der Waals surface area contributed by atoms with E-state index >= 15 is 0 Å². The normalized spacial score (nSPS) is 24.5. The second-order valence-corrected chi connectivity index (χ2v) is 7.90. The van der Waals surface area contributed by atoms with E-state index in [0.29, 0.717) is 18.8 Å². The van der Waals surface area contributed by atoms with E-state index in [1.54, 1.807) is 0 Å². The maximum absolute atomic E-state index is 12.8. The van der Waals surface area contributed by atoms with Gasteiger partial charge in [-0.2, -0.15) is 13.2 Å². The smallest absolute Gasteiger partial charge is 0.369 e. The molecule has 1 aliphatic carbocycles. The molecule has 3 aliphatic rings. The van der Waals surface area contributed by atoms with Gasteiger partial charge in [0.2, 0.25) is 5.91 Å². The van der Waals surface area contributed by atoms with Crippen molar-refractivity contribution in [1.29, 1.82) is 0 Å². The van der Waals surface area contributed by atoms with Crippen LogP contribution < -0.4 is 4.90 Å². The van der Waals surface area contributed by atoms with Gasteiger partial charge in [-0.3, -0.25) is 9.69 Å². The van der Waals surface area contributed by atoms with E-state index in [9.17, 15) is 18.0 Å². The molecule has 2 saturated heterocycles. The third-order valence-electron chi connectivity index (χ3n) is 5.84. The number of carbonyl (C=O) groups is 1. The van der Waals surface area contributed by atoms with Crippen LogP contribution in [-0.4, -0.2) is 66.5 Å². The van der Waals surface area contributed by atoms with Crippen LogP contribution in [0.2, 0.25) is 0 Å². The summed E-state index contributed by atoms with van der Waals surface area (Å²) >= 11 is 0. The molecule has 1 atom stereocenters. The van der Waals surface area contributed by atoms with Crippen LogP contribution in [0, 0.1) is 11.8 Å². The van der Waals surface area contributed by atoms with Crippen LogP contribution in [-0.2, 0) is 11.0 Å². The van der Waals surface area contributed by atoms with Crippen molar-refractivity contribution in [2.24, 2.45) is 11.8 Å². The van der Waals surface area contributed by atoms with Gasteiger partial charge >= 0.3 is 6.18 Å². The number of piperazine rings is 1. The van der Waals surface area contributed by atoms with Gasteiger partial charge in [0.05, 0.1) is 17.8 Å². The van der Waals surface area contributed by atoms with Crippen LogP contribution in [0.5, 0.6) is 0 Å². The van der Waals surface area contributed by atoms with E-state index < -0.39 is 11.9 Å². The molecule has 1 amide bonds. The molecule has 4 rings (SSSR count). The lowest BCUT2D eigenvalue weighted by atomic mass is 10.1. The first-order valence-corrected chi connectivity index (χ1v) is 9.69. The Hall–Kier alpha value is -1.83. The van der Waals surface area contributed by atoms with Crippen molar-refractivity contribution >= 4 is 11.6 Å². The van der Waals surface area contributed by atoms with Gasteiger partial charge in [0.1, 0.15) is 5.69 Å². The minimum absolute atomic E-state index is 0.0812. The third-order valence-corrected chi connectivity index (χ3v) is 5.84. The number of hydrogen-bond acceptors (Lipinski definition) is 4. The lowest BCUT2D eigenvalue weighted by Crippen LogP contribution is -2.51. The summed E-state index contributed by atoms with van der Waals surface area (Å²) in [7, 11) is 0. The molecule has 0 bridgehead atoms. The van der Waals surface area contributed by atoms with Gasteiger partial charge in [-0.15, -0.1) is 0 Å². The lowest BCUT2D eigenvalue weighted by Gasteiger charge is -2.36. The average Bonchev–Trinajstić information content (AvgIpc) is 3.33. The zero-order valence-corrected chi connectivity index (χ0v) is 15.3. The molecule has 148 valence electrons. The largest absolute Gasteiger partial charge is 0.433 e. The predicted octanol–water partition coefficient (Wildman–Crippen LogP) is 2.48. The fourth-order valence-electron chi connectivity index (χ4n) is 4.01. The van der Waals surface area contributed by atoms with Crippen LogP contribution in [0.1, 0.15) is 25.0 Å². The summed E-state index contributed by atoms with van der Waals surface area (Å²) in [6, 6.07) is 2.45. The Morgan fingerprint density at radius 1 is 1.07 bits per heavy atom. The molecule has 1 aromatic heterocycles. The molecule has 1 aromatic rings. The van der Waals surface area contributed by atoms with Crippen molar-refractivity contribution < 1.29 is 18.0 Å². The Kier molecular flexibility index (Phi) is 5.01. The number of carbonyl (C=O) groups excluding carboxylic acids is 1. The molecule has 27 heavy (non-hydrogen) atoms. The first-order chi connectivity index (χ1) is 12.9. The van der Waals surface area contributed by atoms with Crippen LogP contribution in [0.15, 0.2) is 18.3 Å². The summed E-state index contributed by atoms with van der Waals surface area (Å²) in [6.45, 7) is 5.84. The van der Waals surface area contributed by atoms with Crippen molar-refractivity contribution in [2.45, 2.75) is 25.4 Å². The Labute approximate surface area is 157 Å². The SMILES string of the molecule is O=C([C@H]1CCN(c2ccc(C(F)(F)F)nc2)C1)N1CCN(CC2CC2)CC1. The molecule has 8 heteroatoms. The Bertz CT molecular complexity index is 667. The monoisotopic (exact) mass is 382 g/mol. The number of halogens is 3. The number of pyridine rings is 1. The van der Waals surface area contributed by atoms with Gasteiger partial charge in [0, 0.05) is 45.8 Å². The van der Waals surface area contributed by atoms with Crippen molar-refractivity contribution in [1.82, 2.24) is 14.8 Å². The fraction of sp³-hybridized carbons (Fsp3) is 0.684. The Morgan fingerprint density at radius 2 is 1.81 bits per heavy atom. The fourth-order valence-corrected chi connectivity index (χ4v) is 4.01. The highest BCUT2D eigenvalue weighted by molar-refractivity contribution is 5.80. The zero-order chi connectivity index (χ0) is 19.0. The highest BCUT2D eigenvalue weighted by Gasteiger charge is 2.35. The van der Waals surface area contributed by atoms with Crippen LogP contribution in [0.4, 0.5) is 18.9 Å². The van der Waals surface area contributed by atoms with E-state index in [-0.39, 0.29) is 11.8 Å². The summed E-state index contributed by atoms with van der Waals surface area (Å²) in [5.74, 6) is 0.971. The summed E-state index contributed by atoms with van der Waals surface area (Å²) in [5, 5.41) is 0. The second-order valence-electron chi connectivity index (χ2n) is 7.90. The molecule has 3 heterocycles. The minimum atomic E-state index is -4.43. The van der Waals surface area contributed by atoms with E-state index in [1.807, 2.05) is 9.80 Å². The number of aromatic nitrogens is 1. The number of rotatable bonds is 4. The number of nitrogens with zero attached hydrogens (tertiary/aromatic N) is 4. The number of amides is 1. The van der Waals surface area contributed by atoms with E-state index in [1.165, 1.54) is 31.6 Å². The molecule has 0 radical (unpaired) electrons. The molecule has 0 spiro atoms. The molecule has 1 saturated carbocycles. The Morgan fingerprint density at radius 3 is 2.41 bits per heavy atom. The molecule has 2 aliphatic heterocycles. The quantitative estimate of drug-likeness (QED) is 0.802. The average molecular weight is 382 g/mol. The maximum atomic E-state index is 12.8. The van der Waals surface area contributed by atoms with Gasteiger partial charge in [0.15, 0.2) is 0 Å². The van der Waals surface area contributed by atoms with Crippen molar-refractivity contribution in [3.63, 3.8) is 0 Å². The van der Waals surface area contributed by atoms with Crippen LogP contribution in [0.25, 0.3) is 0 Å². The summed E-state index contributed by atoms with van der Waals surface area (Å²) in [6.07, 6.45) is 0.254. The molecular weight excluding hydrogens is 357 g/mol. The zero-order valence-electron chi connectivity index (χ0n) is 15.3. The summed E-state index contributed by atoms with van der Waals surface area (Å²) in [4.78, 5) is 22.7. The van der Waals surface area contributed by atoms with Crippen LogP contribution >= 0.6 is 0 Å². The van der Waals surface area contributed by atoms with Crippen molar-refractivity contribution in [3.8, 4) is 0 Å². The number of hydrogen-bond donors (Lipinski definition) is 0. The maximum Gasteiger partial charge on any atom is 0.433 e. The molecular formula is C19H25F3N4O. The second kappa shape index (κ2) is 7.30. The van der Waals surface area contributed by atoms with Crippen molar-refractivity contribution in [3.05, 3.63) is 24.0 Å². The molecule has 0 N–H and O–H groups in total.